The van der Waals surface area contributed by atoms with Crippen LogP contribution in [-0.4, -0.2) is 60.4 Å². The third-order valence-corrected chi connectivity index (χ3v) is 6.23. The van der Waals surface area contributed by atoms with E-state index in [0.717, 1.165) is 34.5 Å². The minimum atomic E-state index is -0.400. The second-order valence-corrected chi connectivity index (χ2v) is 8.45. The molecule has 0 fully saturated rings. The van der Waals surface area contributed by atoms with E-state index in [2.05, 4.69) is 26.4 Å². The lowest BCUT2D eigenvalue weighted by atomic mass is 10.1. The summed E-state index contributed by atoms with van der Waals surface area (Å²) in [5.41, 5.74) is 3.56. The molecule has 0 spiro atoms. The van der Waals surface area contributed by atoms with Gasteiger partial charge in [-0.1, -0.05) is 12.1 Å². The quantitative estimate of drug-likeness (QED) is 0.267. The maximum Gasteiger partial charge on any atom is 0.294 e. The molecule has 0 bridgehead atoms. The number of methoxy groups -OCH3 is 1. The summed E-state index contributed by atoms with van der Waals surface area (Å²) in [6.07, 6.45) is 3.73. The minimum absolute atomic E-state index is 0.0398. The maximum atomic E-state index is 11.9. The Kier molecular flexibility index (Phi) is 6.30. The molecule has 4 aromatic rings. The molecule has 11 heteroatoms. The fourth-order valence-electron chi connectivity index (χ4n) is 4.44. The predicted molar refractivity (Wildman–Crippen MR) is 139 cm³/mol. The second-order valence-electron chi connectivity index (χ2n) is 8.45. The van der Waals surface area contributed by atoms with Gasteiger partial charge in [0, 0.05) is 55.6 Å². The highest BCUT2D eigenvalue weighted by atomic mass is 16.6. The molecule has 0 saturated heterocycles. The van der Waals surface area contributed by atoms with E-state index < -0.39 is 4.92 Å². The van der Waals surface area contributed by atoms with Crippen molar-refractivity contribution in [2.75, 3.05) is 51.1 Å². The molecule has 36 heavy (non-hydrogen) atoms. The average molecular weight is 490 g/mol. The van der Waals surface area contributed by atoms with Crippen molar-refractivity contribution < 1.29 is 14.4 Å². The zero-order valence-corrected chi connectivity index (χ0v) is 20.3. The van der Waals surface area contributed by atoms with Gasteiger partial charge in [-0.3, -0.25) is 10.1 Å². The molecule has 2 N–H and O–H groups in total. The average Bonchev–Trinajstić information content (AvgIpc) is 3.28. The van der Waals surface area contributed by atoms with Gasteiger partial charge in [0.25, 0.3) is 5.69 Å². The van der Waals surface area contributed by atoms with Crippen molar-refractivity contribution in [3.05, 3.63) is 58.9 Å². The third-order valence-electron chi connectivity index (χ3n) is 6.23. The topological polar surface area (TPSA) is 120 Å². The number of benzene rings is 2. The molecule has 186 valence electrons. The van der Waals surface area contributed by atoms with Crippen LogP contribution >= 0.6 is 0 Å². The molecule has 11 nitrogen and oxygen atoms in total. The Morgan fingerprint density at radius 2 is 2.17 bits per heavy atom. The van der Waals surface area contributed by atoms with Gasteiger partial charge in [0.05, 0.1) is 35.5 Å². The fourth-order valence-corrected chi connectivity index (χ4v) is 4.44. The Morgan fingerprint density at radius 1 is 1.31 bits per heavy atom. The molecule has 2 aromatic carbocycles. The zero-order chi connectivity index (χ0) is 25.2. The first-order chi connectivity index (χ1) is 17.5. The van der Waals surface area contributed by atoms with Crippen LogP contribution in [0.25, 0.3) is 22.2 Å². The standard InChI is InChI=1S/C25H27N7O4/c1-26-9-10-30(2)20-14-23(35-3)19(13-21(20)32(33)34)29-25-27-8-7-18(28-25)17-15-31-11-12-36-22-6-4-5-16(17)24(22)31/h4-8,13-15,26H,9-12H2,1-3H3,(H,27,28,29). The van der Waals surface area contributed by atoms with E-state index in [1.165, 1.54) is 13.2 Å². The van der Waals surface area contributed by atoms with Crippen LogP contribution in [0.15, 0.2) is 48.8 Å². The van der Waals surface area contributed by atoms with E-state index >= 15 is 0 Å². The number of hydrogen-bond acceptors (Lipinski definition) is 9. The van der Waals surface area contributed by atoms with E-state index in [-0.39, 0.29) is 5.69 Å². The van der Waals surface area contributed by atoms with Crippen molar-refractivity contribution in [2.24, 2.45) is 0 Å². The van der Waals surface area contributed by atoms with Crippen molar-refractivity contribution in [3.63, 3.8) is 0 Å². The molecular weight excluding hydrogens is 462 g/mol. The first-order valence-electron chi connectivity index (χ1n) is 11.6. The molecular formula is C25H27N7O4. The van der Waals surface area contributed by atoms with Crippen molar-refractivity contribution in [1.29, 1.82) is 0 Å². The lowest BCUT2D eigenvalue weighted by Crippen LogP contribution is -2.27. The molecule has 5 rings (SSSR count). The second kappa shape index (κ2) is 9.70. The van der Waals surface area contributed by atoms with E-state index in [1.54, 1.807) is 12.3 Å². The van der Waals surface area contributed by atoms with Crippen molar-refractivity contribution in [2.45, 2.75) is 6.54 Å². The fraction of sp³-hybridized carbons (Fsp3) is 0.280. The number of nitrogens with zero attached hydrogens (tertiary/aromatic N) is 5. The van der Waals surface area contributed by atoms with Gasteiger partial charge >= 0.3 is 0 Å². The number of anilines is 3. The summed E-state index contributed by atoms with van der Waals surface area (Å²) in [5, 5.41) is 19.1. The molecule has 3 heterocycles. The zero-order valence-electron chi connectivity index (χ0n) is 20.3. The lowest BCUT2D eigenvalue weighted by molar-refractivity contribution is -0.384. The summed E-state index contributed by atoms with van der Waals surface area (Å²) in [5.74, 6) is 1.61. The Hall–Kier alpha value is -4.38. The molecule has 2 aromatic heterocycles. The van der Waals surface area contributed by atoms with Gasteiger partial charge < -0.3 is 29.6 Å². The smallest absolute Gasteiger partial charge is 0.294 e. The van der Waals surface area contributed by atoms with Gasteiger partial charge in [0.1, 0.15) is 23.8 Å². The predicted octanol–water partition coefficient (Wildman–Crippen LogP) is 3.81. The lowest BCUT2D eigenvalue weighted by Gasteiger charge is -2.21. The van der Waals surface area contributed by atoms with Crippen LogP contribution < -0.4 is 25.0 Å². The van der Waals surface area contributed by atoms with Crippen LogP contribution in [0.4, 0.5) is 23.0 Å². The molecule has 0 atom stereocenters. The summed E-state index contributed by atoms with van der Waals surface area (Å²) in [4.78, 5) is 22.4. The SMILES string of the molecule is CNCCN(C)c1cc(OC)c(Nc2nccc(-c3cn4c5c(cccc35)OCC4)n2)cc1[N+](=O)[O-]. The molecule has 0 saturated carbocycles. The van der Waals surface area contributed by atoms with E-state index in [0.29, 0.717) is 42.8 Å². The summed E-state index contributed by atoms with van der Waals surface area (Å²) in [6, 6.07) is 10.9. The number of likely N-dealkylation sites (N-methyl/N-ethyl adjacent to an activating group) is 2. The summed E-state index contributed by atoms with van der Waals surface area (Å²) in [7, 11) is 5.17. The molecule has 1 aliphatic heterocycles. The highest BCUT2D eigenvalue weighted by Crippen LogP contribution is 2.40. The minimum Gasteiger partial charge on any atom is -0.494 e. The Balaban J connectivity index is 1.51. The first kappa shape index (κ1) is 23.4. The molecule has 0 amide bonds. The molecule has 0 radical (unpaired) electrons. The molecule has 0 unspecified atom stereocenters. The van der Waals surface area contributed by atoms with Crippen LogP contribution in [0.1, 0.15) is 0 Å². The van der Waals surface area contributed by atoms with Gasteiger partial charge in [0.2, 0.25) is 5.95 Å². The summed E-state index contributed by atoms with van der Waals surface area (Å²) < 4.78 is 13.5. The van der Waals surface area contributed by atoms with E-state index in [4.69, 9.17) is 14.5 Å². The number of para-hydroxylation sites is 1. The summed E-state index contributed by atoms with van der Waals surface area (Å²) >= 11 is 0. The number of rotatable bonds is 9. The van der Waals surface area contributed by atoms with Crippen molar-refractivity contribution in [1.82, 2.24) is 19.9 Å². The van der Waals surface area contributed by atoms with E-state index in [9.17, 15) is 10.1 Å². The first-order valence-corrected chi connectivity index (χ1v) is 11.6. The van der Waals surface area contributed by atoms with Crippen molar-refractivity contribution in [3.8, 4) is 22.8 Å². The third kappa shape index (κ3) is 4.24. The normalized spacial score (nSPS) is 12.3. The number of hydrogen-bond donors (Lipinski definition) is 2. The van der Waals surface area contributed by atoms with Crippen LogP contribution in [0.2, 0.25) is 0 Å². The van der Waals surface area contributed by atoms with E-state index in [1.807, 2.05) is 43.3 Å². The maximum absolute atomic E-state index is 11.9. The van der Waals surface area contributed by atoms with Gasteiger partial charge in [-0.25, -0.2) is 9.97 Å². The van der Waals surface area contributed by atoms with Gasteiger partial charge in [-0.05, 0) is 19.2 Å². The Labute approximate surface area is 207 Å². The Morgan fingerprint density at radius 3 is 2.94 bits per heavy atom. The highest BCUT2D eigenvalue weighted by molar-refractivity contribution is 5.98. The van der Waals surface area contributed by atoms with Gasteiger partial charge in [-0.2, -0.15) is 0 Å². The number of nitro groups is 1. The summed E-state index contributed by atoms with van der Waals surface area (Å²) in [6.45, 7) is 2.66. The van der Waals surface area contributed by atoms with Crippen molar-refractivity contribution >= 4 is 33.9 Å². The van der Waals surface area contributed by atoms with Gasteiger partial charge in [0.15, 0.2) is 0 Å². The van der Waals surface area contributed by atoms with Crippen LogP contribution in [0, 0.1) is 10.1 Å². The Bertz CT molecular complexity index is 1440. The number of ether oxygens (including phenoxy) is 2. The van der Waals surface area contributed by atoms with Crippen LogP contribution in [0.3, 0.4) is 0 Å². The van der Waals surface area contributed by atoms with Crippen LogP contribution in [0.5, 0.6) is 11.5 Å². The molecule has 0 aliphatic carbocycles. The number of nitro benzene ring substituents is 1. The number of aromatic nitrogens is 3. The molecule has 1 aliphatic rings. The number of nitrogens with one attached hydrogen (secondary N) is 2. The van der Waals surface area contributed by atoms with Gasteiger partial charge in [-0.15, -0.1) is 0 Å². The van der Waals surface area contributed by atoms with Crippen LogP contribution in [-0.2, 0) is 6.54 Å². The largest absolute Gasteiger partial charge is 0.494 e. The highest BCUT2D eigenvalue weighted by Gasteiger charge is 2.23. The monoisotopic (exact) mass is 489 g/mol.